The van der Waals surface area contributed by atoms with Crippen LogP contribution in [-0.4, -0.2) is 27.7 Å². The molecule has 9 heteroatoms. The minimum atomic E-state index is -4.36. The number of aliphatic carboxylic acids is 1. The number of carboxylic acids is 1. The predicted molar refractivity (Wildman–Crippen MR) is 116 cm³/mol. The number of nitrogens with one attached hydrogen (secondary N) is 1. The van der Waals surface area contributed by atoms with Gasteiger partial charge in [-0.25, -0.2) is 4.98 Å². The molecular weight excluding hydrogens is 441 g/mol. The number of carbonyl (C=O) groups is 1. The molecule has 0 aliphatic rings. The minimum Gasteiger partial charge on any atom is -0.493 e. The maximum atomic E-state index is 12.8. The van der Waals surface area contributed by atoms with Gasteiger partial charge >= 0.3 is 12.1 Å². The number of alkyl halides is 3. The second-order valence-corrected chi connectivity index (χ2v) is 8.38. The summed E-state index contributed by atoms with van der Waals surface area (Å²) in [5.74, 6) is -0.268. The van der Waals surface area contributed by atoms with Crippen molar-refractivity contribution in [2.45, 2.75) is 25.9 Å². The smallest absolute Gasteiger partial charge is 0.416 e. The Labute approximate surface area is 185 Å². The molecule has 0 saturated carbocycles. The summed E-state index contributed by atoms with van der Waals surface area (Å²) >= 11 is 1.43. The van der Waals surface area contributed by atoms with E-state index in [0.29, 0.717) is 34.9 Å². The Bertz CT molecular complexity index is 1260. The van der Waals surface area contributed by atoms with Crippen molar-refractivity contribution in [1.29, 1.82) is 0 Å². The third-order valence-electron chi connectivity index (χ3n) is 5.03. The average Bonchev–Trinajstić information content (AvgIpc) is 3.30. The quantitative estimate of drug-likeness (QED) is 0.362. The molecule has 32 heavy (non-hydrogen) atoms. The molecule has 0 atom stereocenters. The van der Waals surface area contributed by atoms with Crippen LogP contribution in [0.4, 0.5) is 13.2 Å². The van der Waals surface area contributed by atoms with Crippen LogP contribution in [-0.2, 0) is 23.8 Å². The number of fused-ring (bicyclic) bond motifs is 1. The van der Waals surface area contributed by atoms with E-state index >= 15 is 0 Å². The fourth-order valence-corrected chi connectivity index (χ4v) is 4.45. The monoisotopic (exact) mass is 460 g/mol. The first-order valence-electron chi connectivity index (χ1n) is 9.79. The Morgan fingerprint density at radius 3 is 2.62 bits per heavy atom. The van der Waals surface area contributed by atoms with E-state index in [-0.39, 0.29) is 6.42 Å². The Morgan fingerprint density at radius 2 is 1.94 bits per heavy atom. The maximum absolute atomic E-state index is 12.8. The maximum Gasteiger partial charge on any atom is 0.416 e. The normalized spacial score (nSPS) is 11.8. The molecule has 0 aliphatic heterocycles. The van der Waals surface area contributed by atoms with Gasteiger partial charge in [0.05, 0.1) is 24.3 Å². The van der Waals surface area contributed by atoms with Gasteiger partial charge in [-0.05, 0) is 42.8 Å². The summed E-state index contributed by atoms with van der Waals surface area (Å²) in [7, 11) is 0. The van der Waals surface area contributed by atoms with Gasteiger partial charge in [-0.15, -0.1) is 11.3 Å². The van der Waals surface area contributed by atoms with Crippen molar-refractivity contribution in [3.05, 3.63) is 70.4 Å². The number of ether oxygens (including phenoxy) is 1. The largest absolute Gasteiger partial charge is 0.493 e. The van der Waals surface area contributed by atoms with Gasteiger partial charge in [-0.3, -0.25) is 4.79 Å². The highest BCUT2D eigenvalue weighted by Crippen LogP contribution is 2.33. The summed E-state index contributed by atoms with van der Waals surface area (Å²) in [6.07, 6.45) is -2.16. The van der Waals surface area contributed by atoms with Crippen LogP contribution >= 0.6 is 11.3 Å². The van der Waals surface area contributed by atoms with Gasteiger partial charge in [-0.2, -0.15) is 13.2 Å². The number of rotatable bonds is 7. The topological polar surface area (TPSA) is 75.2 Å². The Kier molecular flexibility index (Phi) is 5.92. The van der Waals surface area contributed by atoms with Crippen molar-refractivity contribution >= 4 is 28.2 Å². The molecular formula is C23H19F3N2O3S. The molecule has 0 fully saturated rings. The van der Waals surface area contributed by atoms with Gasteiger partial charge in [0.15, 0.2) is 0 Å². The number of hydrogen-bond acceptors (Lipinski definition) is 4. The lowest BCUT2D eigenvalue weighted by molar-refractivity contribution is -0.138. The summed E-state index contributed by atoms with van der Waals surface area (Å²) in [6, 6.07) is 10.5. The number of H-pyrrole nitrogens is 1. The number of thiazole rings is 1. The van der Waals surface area contributed by atoms with Crippen molar-refractivity contribution in [3.8, 4) is 16.3 Å². The summed E-state index contributed by atoms with van der Waals surface area (Å²) in [4.78, 5) is 19.6. The molecule has 0 unspecified atom stereocenters. The number of carboxylic acid groups (broad SMARTS) is 1. The summed E-state index contributed by atoms with van der Waals surface area (Å²) in [5.41, 5.74) is 2.31. The predicted octanol–water partition coefficient (Wildman–Crippen LogP) is 5.87. The van der Waals surface area contributed by atoms with E-state index in [9.17, 15) is 18.0 Å². The molecule has 0 radical (unpaired) electrons. The van der Waals surface area contributed by atoms with Crippen LogP contribution in [0.2, 0.25) is 0 Å². The third kappa shape index (κ3) is 4.77. The van der Waals surface area contributed by atoms with Crippen LogP contribution in [0.25, 0.3) is 21.5 Å². The minimum absolute atomic E-state index is 0.0732. The van der Waals surface area contributed by atoms with Crippen LogP contribution in [0.15, 0.2) is 48.7 Å². The third-order valence-corrected chi connectivity index (χ3v) is 6.30. The van der Waals surface area contributed by atoms with Crippen molar-refractivity contribution in [2.75, 3.05) is 6.61 Å². The highest BCUT2D eigenvalue weighted by Gasteiger charge is 2.30. The molecule has 4 rings (SSSR count). The van der Waals surface area contributed by atoms with E-state index in [4.69, 9.17) is 9.84 Å². The fraction of sp³-hybridized carbons (Fsp3) is 0.217. The van der Waals surface area contributed by atoms with Crippen molar-refractivity contribution in [3.63, 3.8) is 0 Å². The van der Waals surface area contributed by atoms with Crippen molar-refractivity contribution < 1.29 is 27.8 Å². The van der Waals surface area contributed by atoms with Crippen molar-refractivity contribution in [2.24, 2.45) is 0 Å². The van der Waals surface area contributed by atoms with E-state index in [1.165, 1.54) is 23.5 Å². The van der Waals surface area contributed by atoms with Gasteiger partial charge in [0, 0.05) is 34.0 Å². The molecule has 5 nitrogen and oxygen atoms in total. The molecule has 2 aromatic heterocycles. The number of aryl methyl sites for hydroxylation is 1. The highest BCUT2D eigenvalue weighted by molar-refractivity contribution is 7.15. The second-order valence-electron chi connectivity index (χ2n) is 7.29. The van der Waals surface area contributed by atoms with Crippen LogP contribution in [0, 0.1) is 6.92 Å². The molecule has 0 saturated heterocycles. The molecule has 0 spiro atoms. The SMILES string of the molecule is Cc1nc(-c2ccc(C(F)(F)F)cc2)sc1CCOc1ccc2[nH]cc(CC(=O)O)c2c1. The number of aromatic amines is 1. The zero-order valence-corrected chi connectivity index (χ0v) is 17.8. The fourth-order valence-electron chi connectivity index (χ4n) is 3.40. The van der Waals surface area contributed by atoms with Crippen molar-refractivity contribution in [1.82, 2.24) is 9.97 Å². The Hall–Kier alpha value is -3.33. The number of hydrogen-bond donors (Lipinski definition) is 2. The molecule has 4 aromatic rings. The van der Waals surface area contributed by atoms with Gasteiger partial charge < -0.3 is 14.8 Å². The van der Waals surface area contributed by atoms with E-state index in [0.717, 1.165) is 33.6 Å². The Balaban J connectivity index is 1.42. The lowest BCUT2D eigenvalue weighted by Gasteiger charge is -2.06. The highest BCUT2D eigenvalue weighted by atomic mass is 32.1. The van der Waals surface area contributed by atoms with Crippen LogP contribution in [0.1, 0.15) is 21.7 Å². The molecule has 0 bridgehead atoms. The summed E-state index contributed by atoms with van der Waals surface area (Å²) < 4.78 is 44.1. The second kappa shape index (κ2) is 8.66. The number of aromatic nitrogens is 2. The molecule has 166 valence electrons. The molecule has 0 amide bonds. The van der Waals surface area contributed by atoms with Crippen LogP contribution < -0.4 is 4.74 Å². The standard InChI is InChI=1S/C23H19F3N2O3S/c1-13-20(32-22(28-13)14-2-4-16(5-3-14)23(24,25)26)8-9-31-17-6-7-19-18(11-17)15(12-27-19)10-21(29)30/h2-7,11-12,27H,8-10H2,1H3,(H,29,30). The first-order chi connectivity index (χ1) is 15.2. The Morgan fingerprint density at radius 1 is 1.19 bits per heavy atom. The lowest BCUT2D eigenvalue weighted by atomic mass is 10.1. The number of nitrogens with zero attached hydrogens (tertiary/aromatic N) is 1. The summed E-state index contributed by atoms with van der Waals surface area (Å²) in [6.45, 7) is 2.25. The van der Waals surface area contributed by atoms with Gasteiger partial charge in [0.2, 0.25) is 0 Å². The molecule has 2 aromatic carbocycles. The van der Waals surface area contributed by atoms with Crippen LogP contribution in [0.5, 0.6) is 5.75 Å². The van der Waals surface area contributed by atoms with E-state index in [1.54, 1.807) is 6.20 Å². The lowest BCUT2D eigenvalue weighted by Crippen LogP contribution is -2.03. The van der Waals surface area contributed by atoms with Gasteiger partial charge in [0.1, 0.15) is 10.8 Å². The molecule has 0 aliphatic carbocycles. The molecule has 2 N–H and O–H groups in total. The van der Waals surface area contributed by atoms with Gasteiger partial charge in [0.25, 0.3) is 0 Å². The summed E-state index contributed by atoms with van der Waals surface area (Å²) in [5, 5.41) is 10.5. The zero-order chi connectivity index (χ0) is 22.9. The zero-order valence-electron chi connectivity index (χ0n) is 17.0. The molecule has 2 heterocycles. The first kappa shape index (κ1) is 21.9. The van der Waals surface area contributed by atoms with E-state index in [1.807, 2.05) is 25.1 Å². The number of benzene rings is 2. The van der Waals surface area contributed by atoms with Gasteiger partial charge in [-0.1, -0.05) is 12.1 Å². The van der Waals surface area contributed by atoms with Crippen LogP contribution in [0.3, 0.4) is 0 Å². The average molecular weight is 460 g/mol. The first-order valence-corrected chi connectivity index (χ1v) is 10.6. The van der Waals surface area contributed by atoms with E-state index in [2.05, 4.69) is 9.97 Å². The number of halogens is 3. The van der Waals surface area contributed by atoms with E-state index < -0.39 is 17.7 Å².